The molecule has 18 heteroatoms. The van der Waals surface area contributed by atoms with Crippen LogP contribution >= 0.6 is 0 Å². The summed E-state index contributed by atoms with van der Waals surface area (Å²) >= 11 is 0. The number of ketones is 1. The minimum atomic E-state index is -0.870. The van der Waals surface area contributed by atoms with Crippen LogP contribution in [0.4, 0.5) is 0 Å². The van der Waals surface area contributed by atoms with Crippen LogP contribution < -0.4 is 0 Å². The fraction of sp³-hybridized carbons (Fsp3) is 0.872. The summed E-state index contributed by atoms with van der Waals surface area (Å²) in [5.41, 5.74) is 0. The number of Topliss-reactive ketones (excluding diaryl/α,β-unsaturated/α-hetero) is 1. The van der Waals surface area contributed by atoms with Crippen molar-refractivity contribution < 1.29 is 86.7 Å². The number of rotatable bonds is 25. The van der Waals surface area contributed by atoms with E-state index in [9.17, 15) is 24.0 Å². The number of unbranched alkanes of at least 4 members (excludes halogenated alkanes) is 2. The zero-order valence-electron chi connectivity index (χ0n) is 32.8. The van der Waals surface area contributed by atoms with Gasteiger partial charge in [-0.15, -0.1) is 0 Å². The average Bonchev–Trinajstić information content (AvgIpc) is 3.87. The van der Waals surface area contributed by atoms with E-state index in [0.717, 1.165) is 0 Å². The van der Waals surface area contributed by atoms with E-state index in [1.165, 1.54) is 6.92 Å². The van der Waals surface area contributed by atoms with Crippen LogP contribution in [0, 0.1) is 0 Å². The summed E-state index contributed by atoms with van der Waals surface area (Å²) in [6, 6.07) is 0. The smallest absolute Gasteiger partial charge is 0.306 e. The van der Waals surface area contributed by atoms with Crippen LogP contribution in [-0.2, 0) is 71.3 Å². The van der Waals surface area contributed by atoms with Gasteiger partial charge in [-0.3, -0.25) is 19.2 Å². The van der Waals surface area contributed by atoms with E-state index in [-0.39, 0.29) is 135 Å². The van der Waals surface area contributed by atoms with Crippen LogP contribution in [0.5, 0.6) is 0 Å². The molecular weight excluding hydrogens is 756 g/mol. The molecule has 0 aromatic heterocycles. The SMILES string of the molecule is C.C.CC(=O)CCC(=O)OCCCCOC(=O)CCC1(C)OCC(CO)O1.CC1(CCC(=O)OCCCCOC(=O)CCC2(C)OCC(CO)O2)OCC(CO)O1. The van der Waals surface area contributed by atoms with Crippen molar-refractivity contribution in [3.63, 3.8) is 0 Å². The summed E-state index contributed by atoms with van der Waals surface area (Å²) in [5.74, 6) is -4.08. The number of esters is 4. The molecule has 0 spiro atoms. The molecule has 3 saturated heterocycles. The molecule has 0 saturated carbocycles. The van der Waals surface area contributed by atoms with E-state index in [1.54, 1.807) is 20.8 Å². The summed E-state index contributed by atoms with van der Waals surface area (Å²) in [6.45, 7) is 8.21. The molecule has 3 aliphatic rings. The molecule has 3 aliphatic heterocycles. The fourth-order valence-corrected chi connectivity index (χ4v) is 5.44. The molecule has 0 bridgehead atoms. The van der Waals surface area contributed by atoms with E-state index < -0.39 is 23.3 Å². The molecule has 0 amide bonds. The second kappa shape index (κ2) is 28.6. The van der Waals surface area contributed by atoms with Crippen LogP contribution in [-0.4, -0.2) is 147 Å². The molecule has 6 unspecified atom stereocenters. The van der Waals surface area contributed by atoms with E-state index in [0.29, 0.717) is 64.8 Å². The van der Waals surface area contributed by atoms with Crippen molar-refractivity contribution in [1.82, 2.24) is 0 Å². The number of carbonyl (C=O) groups is 5. The molecule has 3 N–H and O–H groups in total. The van der Waals surface area contributed by atoms with Crippen LogP contribution in [0.1, 0.15) is 120 Å². The zero-order valence-corrected chi connectivity index (χ0v) is 32.8. The van der Waals surface area contributed by atoms with Gasteiger partial charge in [-0.05, 0) is 53.4 Å². The summed E-state index contributed by atoms with van der Waals surface area (Å²) in [7, 11) is 0. The predicted molar refractivity (Wildman–Crippen MR) is 202 cm³/mol. The number of hydrogen-bond donors (Lipinski definition) is 3. The Morgan fingerprint density at radius 1 is 0.491 bits per heavy atom. The standard InChI is InChI=1S/C20H34O10.C17H28O8.2CH4/c1-19(27-13-15(11-21)29-19)7-5-17(23)25-9-3-4-10-26-18(24)6-8-20(2)28-14-16(12-22)30-20;1-13(19)5-6-15(20)22-9-3-4-10-23-16(21)7-8-17(2)24-12-14(11-18)25-17;;/h15-16,21-22H,3-14H2,1-2H3;14,18H,3-12H2,1-2H3;2*1H4. The van der Waals surface area contributed by atoms with Crippen molar-refractivity contribution in [3.8, 4) is 0 Å². The zero-order chi connectivity index (χ0) is 40.7. The summed E-state index contributed by atoms with van der Waals surface area (Å²) in [5, 5.41) is 27.1. The third-order valence-electron chi connectivity index (χ3n) is 8.74. The molecule has 18 nitrogen and oxygen atoms in total. The minimum Gasteiger partial charge on any atom is -0.466 e. The van der Waals surface area contributed by atoms with Gasteiger partial charge in [0.1, 0.15) is 24.1 Å². The lowest BCUT2D eigenvalue weighted by Gasteiger charge is -2.22. The fourth-order valence-electron chi connectivity index (χ4n) is 5.44. The summed E-state index contributed by atoms with van der Waals surface area (Å²) < 4.78 is 53.4. The Kier molecular flexibility index (Phi) is 27.2. The largest absolute Gasteiger partial charge is 0.466 e. The maximum Gasteiger partial charge on any atom is 0.306 e. The van der Waals surface area contributed by atoms with Crippen molar-refractivity contribution in [2.45, 2.75) is 155 Å². The molecule has 3 rings (SSSR count). The molecule has 0 radical (unpaired) electrons. The van der Waals surface area contributed by atoms with Gasteiger partial charge >= 0.3 is 23.9 Å². The van der Waals surface area contributed by atoms with E-state index >= 15 is 0 Å². The van der Waals surface area contributed by atoms with Crippen molar-refractivity contribution in [3.05, 3.63) is 0 Å². The second-order valence-corrected chi connectivity index (χ2v) is 14.1. The first-order valence-corrected chi connectivity index (χ1v) is 19.0. The van der Waals surface area contributed by atoms with Crippen molar-refractivity contribution >= 4 is 29.7 Å². The first kappa shape index (κ1) is 54.2. The molecule has 3 fully saturated rings. The monoisotopic (exact) mass is 826 g/mol. The third-order valence-corrected chi connectivity index (χ3v) is 8.74. The lowest BCUT2D eigenvalue weighted by atomic mass is 10.1. The number of aliphatic hydroxyl groups is 3. The van der Waals surface area contributed by atoms with Gasteiger partial charge in [-0.1, -0.05) is 14.9 Å². The molecule has 3 heterocycles. The Bertz CT molecular complexity index is 1140. The molecular formula is C39H70O18. The van der Waals surface area contributed by atoms with Gasteiger partial charge in [0.15, 0.2) is 17.4 Å². The average molecular weight is 827 g/mol. The maximum atomic E-state index is 11.8. The van der Waals surface area contributed by atoms with Gasteiger partial charge < -0.3 is 67.5 Å². The number of aliphatic hydroxyl groups excluding tert-OH is 3. The van der Waals surface area contributed by atoms with Crippen molar-refractivity contribution in [2.24, 2.45) is 0 Å². The Morgan fingerprint density at radius 2 is 0.754 bits per heavy atom. The molecule has 334 valence electrons. The highest BCUT2D eigenvalue weighted by molar-refractivity contribution is 5.80. The van der Waals surface area contributed by atoms with E-state index in [2.05, 4.69) is 0 Å². The lowest BCUT2D eigenvalue weighted by Crippen LogP contribution is -2.28. The second-order valence-electron chi connectivity index (χ2n) is 14.1. The minimum absolute atomic E-state index is 0. The Balaban J connectivity index is 0.00000108. The van der Waals surface area contributed by atoms with Gasteiger partial charge in [0.25, 0.3) is 0 Å². The predicted octanol–water partition coefficient (Wildman–Crippen LogP) is 3.06. The number of carbonyl (C=O) groups excluding carboxylic acids is 5. The van der Waals surface area contributed by atoms with Gasteiger partial charge in [-0.25, -0.2) is 0 Å². The van der Waals surface area contributed by atoms with Crippen molar-refractivity contribution in [1.29, 1.82) is 0 Å². The van der Waals surface area contributed by atoms with Crippen molar-refractivity contribution in [2.75, 3.05) is 66.1 Å². The van der Waals surface area contributed by atoms with Crippen LogP contribution in [0.25, 0.3) is 0 Å². The first-order valence-electron chi connectivity index (χ1n) is 19.0. The maximum absolute atomic E-state index is 11.8. The number of ether oxygens (including phenoxy) is 10. The van der Waals surface area contributed by atoms with Gasteiger partial charge in [0.05, 0.1) is 91.8 Å². The van der Waals surface area contributed by atoms with Gasteiger partial charge in [-0.2, -0.15) is 0 Å². The van der Waals surface area contributed by atoms with E-state index in [4.69, 9.17) is 62.7 Å². The quantitative estimate of drug-likeness (QED) is 0.0681. The normalized spacial score (nSPS) is 26.3. The Labute approximate surface area is 337 Å². The summed E-state index contributed by atoms with van der Waals surface area (Å²) in [4.78, 5) is 57.3. The van der Waals surface area contributed by atoms with Gasteiger partial charge in [0.2, 0.25) is 0 Å². The van der Waals surface area contributed by atoms with Gasteiger partial charge in [0, 0.05) is 25.7 Å². The molecule has 0 aromatic rings. The van der Waals surface area contributed by atoms with E-state index in [1.807, 2.05) is 0 Å². The Hall–Kier alpha value is -2.81. The highest BCUT2D eigenvalue weighted by atomic mass is 16.8. The van der Waals surface area contributed by atoms with Crippen LogP contribution in [0.3, 0.4) is 0 Å². The third kappa shape index (κ3) is 23.4. The molecule has 0 aliphatic carbocycles. The Morgan fingerprint density at radius 3 is 0.982 bits per heavy atom. The molecule has 6 atom stereocenters. The first-order chi connectivity index (χ1) is 26.1. The van der Waals surface area contributed by atoms with Crippen LogP contribution in [0.15, 0.2) is 0 Å². The van der Waals surface area contributed by atoms with Crippen LogP contribution in [0.2, 0.25) is 0 Å². The number of hydrogen-bond acceptors (Lipinski definition) is 18. The molecule has 0 aromatic carbocycles. The summed E-state index contributed by atoms with van der Waals surface area (Å²) in [6.07, 6.45) is 3.11. The molecule has 57 heavy (non-hydrogen) atoms. The topological polar surface area (TPSA) is 238 Å². The highest BCUT2D eigenvalue weighted by Crippen LogP contribution is 2.30. The highest BCUT2D eigenvalue weighted by Gasteiger charge is 2.39. The lowest BCUT2D eigenvalue weighted by molar-refractivity contribution is -0.170.